The molecule has 2 aromatic heterocycles. The summed E-state index contributed by atoms with van der Waals surface area (Å²) in [6, 6.07) is 20.9. The number of carbonyl (C=O) groups is 1. The van der Waals surface area contributed by atoms with Crippen LogP contribution in [0, 0.1) is 0 Å². The van der Waals surface area contributed by atoms with Crippen LogP contribution in [0.2, 0.25) is 0 Å². The van der Waals surface area contributed by atoms with Gasteiger partial charge in [0.1, 0.15) is 6.61 Å². The largest absolute Gasteiger partial charge is 0.473 e. The quantitative estimate of drug-likeness (QED) is 0.474. The van der Waals surface area contributed by atoms with Crippen LogP contribution in [0.4, 0.5) is 5.69 Å². The summed E-state index contributed by atoms with van der Waals surface area (Å²) in [5.41, 5.74) is 3.26. The van der Waals surface area contributed by atoms with E-state index in [1.165, 1.54) is 0 Å². The number of hydrogen-bond acceptors (Lipinski definition) is 4. The standard InChI is InChI=1S/C24H24N4O3/c1-2-27-20-10-6-7-11-21(20)28(24(27)30)15-14-22(29)26-19-12-13-23(25-16-19)31-17-18-8-4-3-5-9-18/h3-13,16H,2,14-15,17H2,1H3,(H,26,29). The van der Waals surface area contributed by atoms with E-state index in [0.717, 1.165) is 16.6 Å². The summed E-state index contributed by atoms with van der Waals surface area (Å²) < 4.78 is 9.02. The molecule has 0 unspecified atom stereocenters. The Morgan fingerprint density at radius 2 is 1.68 bits per heavy atom. The van der Waals surface area contributed by atoms with Crippen LogP contribution >= 0.6 is 0 Å². The molecule has 0 atom stereocenters. The summed E-state index contributed by atoms with van der Waals surface area (Å²) in [7, 11) is 0. The summed E-state index contributed by atoms with van der Waals surface area (Å²) in [6.07, 6.45) is 1.75. The van der Waals surface area contributed by atoms with E-state index in [-0.39, 0.29) is 18.0 Å². The number of amides is 1. The van der Waals surface area contributed by atoms with E-state index in [0.29, 0.717) is 31.3 Å². The van der Waals surface area contributed by atoms with Crippen LogP contribution in [0.15, 0.2) is 77.7 Å². The van der Waals surface area contributed by atoms with Crippen molar-refractivity contribution in [3.63, 3.8) is 0 Å². The molecule has 0 spiro atoms. The average Bonchev–Trinajstić information content (AvgIpc) is 3.08. The van der Waals surface area contributed by atoms with Gasteiger partial charge in [-0.05, 0) is 30.7 Å². The predicted octanol–water partition coefficient (Wildman–Crippen LogP) is 3.83. The highest BCUT2D eigenvalue weighted by atomic mass is 16.5. The van der Waals surface area contributed by atoms with E-state index in [9.17, 15) is 9.59 Å². The number of nitrogens with zero attached hydrogens (tertiary/aromatic N) is 3. The van der Waals surface area contributed by atoms with Gasteiger partial charge >= 0.3 is 5.69 Å². The molecule has 4 aromatic rings. The van der Waals surface area contributed by atoms with Gasteiger partial charge in [0.05, 0.1) is 22.9 Å². The van der Waals surface area contributed by atoms with Crippen molar-refractivity contribution in [2.45, 2.75) is 33.0 Å². The number of benzene rings is 2. The molecule has 2 heterocycles. The zero-order valence-corrected chi connectivity index (χ0v) is 17.3. The zero-order valence-electron chi connectivity index (χ0n) is 17.3. The number of aromatic nitrogens is 3. The number of anilines is 1. The number of rotatable bonds is 8. The van der Waals surface area contributed by atoms with Crippen molar-refractivity contribution in [3.05, 3.63) is 89.0 Å². The highest BCUT2D eigenvalue weighted by Crippen LogP contribution is 2.15. The van der Waals surface area contributed by atoms with Gasteiger partial charge in [-0.25, -0.2) is 9.78 Å². The Morgan fingerprint density at radius 3 is 2.35 bits per heavy atom. The van der Waals surface area contributed by atoms with Crippen LogP contribution in [-0.2, 0) is 24.5 Å². The molecule has 2 aromatic carbocycles. The van der Waals surface area contributed by atoms with Crippen LogP contribution in [-0.4, -0.2) is 20.0 Å². The van der Waals surface area contributed by atoms with Crippen molar-refractivity contribution >= 4 is 22.6 Å². The van der Waals surface area contributed by atoms with Gasteiger partial charge < -0.3 is 10.1 Å². The van der Waals surface area contributed by atoms with Crippen molar-refractivity contribution < 1.29 is 9.53 Å². The molecule has 4 rings (SSSR count). The lowest BCUT2D eigenvalue weighted by atomic mass is 10.2. The third-order valence-corrected chi connectivity index (χ3v) is 5.05. The van der Waals surface area contributed by atoms with Gasteiger partial charge in [-0.3, -0.25) is 13.9 Å². The van der Waals surface area contributed by atoms with E-state index in [1.54, 1.807) is 27.5 Å². The zero-order chi connectivity index (χ0) is 21.6. The van der Waals surface area contributed by atoms with E-state index >= 15 is 0 Å². The summed E-state index contributed by atoms with van der Waals surface area (Å²) in [5.74, 6) is 0.306. The first-order valence-corrected chi connectivity index (χ1v) is 10.3. The van der Waals surface area contributed by atoms with E-state index in [1.807, 2.05) is 61.5 Å². The monoisotopic (exact) mass is 416 g/mol. The number of aryl methyl sites for hydroxylation is 2. The fraction of sp³-hybridized carbons (Fsp3) is 0.208. The van der Waals surface area contributed by atoms with Gasteiger partial charge in [0.2, 0.25) is 11.8 Å². The molecule has 31 heavy (non-hydrogen) atoms. The first kappa shape index (κ1) is 20.4. The maximum atomic E-state index is 12.7. The topological polar surface area (TPSA) is 78.2 Å². The van der Waals surface area contributed by atoms with Gasteiger partial charge in [-0.1, -0.05) is 42.5 Å². The third kappa shape index (κ3) is 4.66. The lowest BCUT2D eigenvalue weighted by molar-refractivity contribution is -0.116. The summed E-state index contributed by atoms with van der Waals surface area (Å²) in [5, 5.41) is 2.82. The highest BCUT2D eigenvalue weighted by molar-refractivity contribution is 5.90. The third-order valence-electron chi connectivity index (χ3n) is 5.05. The lowest BCUT2D eigenvalue weighted by Crippen LogP contribution is -2.25. The van der Waals surface area contributed by atoms with Gasteiger partial charge in [-0.2, -0.15) is 0 Å². The van der Waals surface area contributed by atoms with Crippen LogP contribution in [0.3, 0.4) is 0 Å². The van der Waals surface area contributed by atoms with E-state index in [2.05, 4.69) is 10.3 Å². The molecule has 0 aliphatic heterocycles. The van der Waals surface area contributed by atoms with Gasteiger partial charge in [0, 0.05) is 25.6 Å². The molecule has 7 nitrogen and oxygen atoms in total. The predicted molar refractivity (Wildman–Crippen MR) is 120 cm³/mol. The Kier molecular flexibility index (Phi) is 6.12. The Bertz CT molecular complexity index is 1230. The van der Waals surface area contributed by atoms with Crippen molar-refractivity contribution in [1.29, 1.82) is 0 Å². The van der Waals surface area contributed by atoms with Crippen LogP contribution < -0.4 is 15.7 Å². The first-order chi connectivity index (χ1) is 15.2. The molecule has 0 fully saturated rings. The molecule has 0 saturated carbocycles. The number of imidazole rings is 1. The molecule has 158 valence electrons. The fourth-order valence-corrected chi connectivity index (χ4v) is 3.50. The molecule has 0 saturated heterocycles. The maximum Gasteiger partial charge on any atom is 0.329 e. The number of fused-ring (bicyclic) bond motifs is 1. The van der Waals surface area contributed by atoms with Crippen LogP contribution in [0.5, 0.6) is 5.88 Å². The Morgan fingerprint density at radius 1 is 0.968 bits per heavy atom. The Balaban J connectivity index is 1.35. The molecule has 1 N–H and O–H groups in total. The summed E-state index contributed by atoms with van der Waals surface area (Å²) in [6.45, 7) is 3.26. The second-order valence-corrected chi connectivity index (χ2v) is 7.12. The molecule has 7 heteroatoms. The lowest BCUT2D eigenvalue weighted by Gasteiger charge is -2.08. The van der Waals surface area contributed by atoms with Crippen molar-refractivity contribution in [3.8, 4) is 5.88 Å². The molecular formula is C24H24N4O3. The van der Waals surface area contributed by atoms with E-state index < -0.39 is 0 Å². The smallest absolute Gasteiger partial charge is 0.329 e. The molecule has 0 radical (unpaired) electrons. The summed E-state index contributed by atoms with van der Waals surface area (Å²) >= 11 is 0. The minimum absolute atomic E-state index is 0.0990. The van der Waals surface area contributed by atoms with Crippen LogP contribution in [0.25, 0.3) is 11.0 Å². The number of ether oxygens (including phenoxy) is 1. The molecule has 0 aliphatic carbocycles. The Hall–Kier alpha value is -3.87. The molecule has 0 aliphatic rings. The van der Waals surface area contributed by atoms with Gasteiger partial charge in [0.15, 0.2) is 0 Å². The maximum absolute atomic E-state index is 12.7. The minimum atomic E-state index is -0.181. The number of carbonyl (C=O) groups excluding carboxylic acids is 1. The van der Waals surface area contributed by atoms with Crippen molar-refractivity contribution in [1.82, 2.24) is 14.1 Å². The van der Waals surface area contributed by atoms with Crippen molar-refractivity contribution in [2.75, 3.05) is 5.32 Å². The first-order valence-electron chi connectivity index (χ1n) is 10.3. The average molecular weight is 416 g/mol. The van der Waals surface area contributed by atoms with E-state index in [4.69, 9.17) is 4.74 Å². The number of pyridine rings is 1. The van der Waals surface area contributed by atoms with Gasteiger partial charge in [0.25, 0.3) is 0 Å². The number of hydrogen-bond donors (Lipinski definition) is 1. The minimum Gasteiger partial charge on any atom is -0.473 e. The Labute approximate surface area is 179 Å². The second kappa shape index (κ2) is 9.30. The number of nitrogens with one attached hydrogen (secondary N) is 1. The summed E-state index contributed by atoms with van der Waals surface area (Å²) in [4.78, 5) is 29.3. The van der Waals surface area contributed by atoms with Crippen LogP contribution in [0.1, 0.15) is 18.9 Å². The fourth-order valence-electron chi connectivity index (χ4n) is 3.50. The second-order valence-electron chi connectivity index (χ2n) is 7.12. The SMILES string of the molecule is CCn1c(=O)n(CCC(=O)Nc2ccc(OCc3ccccc3)nc2)c2ccccc21. The normalized spacial score (nSPS) is 10.9. The van der Waals surface area contributed by atoms with Crippen molar-refractivity contribution in [2.24, 2.45) is 0 Å². The molecular weight excluding hydrogens is 392 g/mol. The number of para-hydroxylation sites is 2. The molecule has 1 amide bonds. The highest BCUT2D eigenvalue weighted by Gasteiger charge is 2.13. The molecule has 0 bridgehead atoms. The van der Waals surface area contributed by atoms with Gasteiger partial charge in [-0.15, -0.1) is 0 Å².